The highest BCUT2D eigenvalue weighted by Gasteiger charge is 2.24. The minimum Gasteiger partial charge on any atom is -0.371 e. The van der Waals surface area contributed by atoms with Gasteiger partial charge in [0.25, 0.3) is 0 Å². The molecule has 0 saturated carbocycles. The fraction of sp³-hybridized carbons (Fsp3) is 0.458. The first kappa shape index (κ1) is 23.6. The third-order valence-electron chi connectivity index (χ3n) is 6.40. The van der Waals surface area contributed by atoms with Crippen molar-refractivity contribution in [1.82, 2.24) is 9.55 Å². The number of nitrogens with zero attached hydrogens (tertiary/aromatic N) is 3. The zero-order valence-electron chi connectivity index (χ0n) is 19.2. The maximum absolute atomic E-state index is 4.99. The number of piperidine rings is 1. The zero-order valence-corrected chi connectivity index (χ0v) is 21.6. The van der Waals surface area contributed by atoms with Crippen LogP contribution in [0.1, 0.15) is 41.6 Å². The Morgan fingerprint density at radius 3 is 2.44 bits per heavy atom. The van der Waals surface area contributed by atoms with E-state index in [1.54, 1.807) is 0 Å². The van der Waals surface area contributed by atoms with Crippen molar-refractivity contribution in [2.45, 2.75) is 47.0 Å². The Kier molecular flexibility index (Phi) is 7.47. The van der Waals surface area contributed by atoms with Crippen LogP contribution in [0.4, 0.5) is 5.69 Å². The van der Waals surface area contributed by atoms with Crippen LogP contribution in [0.25, 0.3) is 16.7 Å². The summed E-state index contributed by atoms with van der Waals surface area (Å²) in [7, 11) is 0. The minimum absolute atomic E-state index is 0.706. The fourth-order valence-electron chi connectivity index (χ4n) is 4.95. The van der Waals surface area contributed by atoms with Crippen LogP contribution >= 0.6 is 28.0 Å². The molecule has 0 amide bonds. The minimum atomic E-state index is 0.706. The molecule has 0 aliphatic carbocycles. The Morgan fingerprint density at radius 1 is 1.09 bits per heavy atom. The summed E-state index contributed by atoms with van der Waals surface area (Å²) in [5.74, 6) is 6.51. The summed E-state index contributed by atoms with van der Waals surface area (Å²) in [5, 5.41) is 1.26. The van der Waals surface area contributed by atoms with Crippen molar-refractivity contribution in [3.8, 4) is 5.69 Å². The third kappa shape index (κ3) is 4.84. The molecule has 1 fully saturated rings. The molecule has 0 unspecified atom stereocenters. The molecule has 8 heteroatoms. The molecule has 32 heavy (non-hydrogen) atoms. The molecule has 0 radical (unpaired) electrons. The van der Waals surface area contributed by atoms with Crippen molar-refractivity contribution < 1.29 is 9.32 Å². The Hall–Kier alpha value is -1.58. The van der Waals surface area contributed by atoms with Gasteiger partial charge in [-0.2, -0.15) is 5.90 Å². The van der Waals surface area contributed by atoms with E-state index < -0.39 is 0 Å². The number of aromatic nitrogens is 2. The summed E-state index contributed by atoms with van der Waals surface area (Å²) in [4.78, 5) is 11.7. The second kappa shape index (κ2) is 10.1. The van der Waals surface area contributed by atoms with Gasteiger partial charge in [0.2, 0.25) is 0 Å². The summed E-state index contributed by atoms with van der Waals surface area (Å²) < 4.78 is 8.11. The van der Waals surface area contributed by atoms with E-state index in [9.17, 15) is 0 Å². The van der Waals surface area contributed by atoms with Gasteiger partial charge in [-0.25, -0.2) is 4.98 Å². The fourth-order valence-corrected chi connectivity index (χ4v) is 6.19. The Labute approximate surface area is 202 Å². The first-order chi connectivity index (χ1) is 15.4. The SMILES string of the molecule is Cc1cc(N2CCC(CCSOON)CC2)c2c(C)cn(-c3c(C)cc(Br)cc3C)c2n1. The van der Waals surface area contributed by atoms with Crippen LogP contribution in [0.2, 0.25) is 0 Å². The van der Waals surface area contributed by atoms with Crippen molar-refractivity contribution in [2.24, 2.45) is 11.8 Å². The number of rotatable bonds is 7. The summed E-state index contributed by atoms with van der Waals surface area (Å²) in [5.41, 5.74) is 8.36. The van der Waals surface area contributed by atoms with Crippen LogP contribution in [-0.4, -0.2) is 28.4 Å². The van der Waals surface area contributed by atoms with Crippen LogP contribution in [0, 0.1) is 33.6 Å². The van der Waals surface area contributed by atoms with Gasteiger partial charge in [0.1, 0.15) is 5.65 Å². The molecule has 0 spiro atoms. The highest BCUT2D eigenvalue weighted by Crippen LogP contribution is 2.36. The average molecular weight is 520 g/mol. The molecule has 2 aromatic heterocycles. The van der Waals surface area contributed by atoms with Gasteiger partial charge in [0.05, 0.1) is 5.69 Å². The predicted octanol–water partition coefficient (Wildman–Crippen LogP) is 6.10. The third-order valence-corrected chi connectivity index (χ3v) is 7.44. The highest BCUT2D eigenvalue weighted by molar-refractivity contribution is 9.10. The first-order valence-electron chi connectivity index (χ1n) is 11.1. The van der Waals surface area contributed by atoms with Gasteiger partial charge in [-0.15, -0.1) is 9.32 Å². The van der Waals surface area contributed by atoms with Gasteiger partial charge < -0.3 is 9.47 Å². The summed E-state index contributed by atoms with van der Waals surface area (Å²) in [6.07, 6.45) is 5.71. The maximum atomic E-state index is 4.99. The van der Waals surface area contributed by atoms with Crippen LogP contribution in [0.5, 0.6) is 0 Å². The van der Waals surface area contributed by atoms with E-state index in [-0.39, 0.29) is 0 Å². The van der Waals surface area contributed by atoms with Crippen LogP contribution in [-0.2, 0) is 9.32 Å². The number of anilines is 1. The van der Waals surface area contributed by atoms with E-state index in [1.165, 1.54) is 58.3 Å². The number of halogens is 1. The van der Waals surface area contributed by atoms with E-state index in [4.69, 9.17) is 15.2 Å². The Bertz CT molecular complexity index is 1090. The molecular formula is C24H31BrN4O2S. The molecular weight excluding hydrogens is 488 g/mol. The Balaban J connectivity index is 1.64. The van der Waals surface area contributed by atoms with Crippen molar-refractivity contribution >= 4 is 44.7 Å². The average Bonchev–Trinajstić information content (AvgIpc) is 3.06. The molecule has 0 bridgehead atoms. The molecule has 172 valence electrons. The standard InChI is InChI=1S/C24H31BrN4O2S/c1-15-11-20(25)12-16(2)23(15)29-14-17(3)22-21(13-18(4)27-24(22)29)28-8-5-19(6-9-28)7-10-32-31-30-26/h11-14,19H,5-10,26H2,1-4H3. The smallest absolute Gasteiger partial charge is 0.147 e. The number of nitrogens with two attached hydrogens (primary N) is 1. The lowest BCUT2D eigenvalue weighted by atomic mass is 9.93. The van der Waals surface area contributed by atoms with Crippen molar-refractivity contribution in [1.29, 1.82) is 0 Å². The molecule has 1 aliphatic heterocycles. The number of pyridine rings is 1. The molecule has 0 atom stereocenters. The topological polar surface area (TPSA) is 65.5 Å². The largest absolute Gasteiger partial charge is 0.371 e. The molecule has 3 heterocycles. The van der Waals surface area contributed by atoms with Crippen LogP contribution in [0.15, 0.2) is 28.9 Å². The normalized spacial score (nSPS) is 15.1. The second-order valence-corrected chi connectivity index (χ2v) is 10.5. The monoisotopic (exact) mass is 518 g/mol. The number of aryl methyl sites for hydroxylation is 4. The quantitative estimate of drug-likeness (QED) is 0.176. The predicted molar refractivity (Wildman–Crippen MR) is 136 cm³/mol. The molecule has 6 nitrogen and oxygen atoms in total. The van der Waals surface area contributed by atoms with Gasteiger partial charge in [0, 0.05) is 58.3 Å². The van der Waals surface area contributed by atoms with E-state index in [0.717, 1.165) is 41.1 Å². The van der Waals surface area contributed by atoms with Gasteiger partial charge in [-0.1, -0.05) is 15.9 Å². The van der Waals surface area contributed by atoms with E-state index >= 15 is 0 Å². The lowest BCUT2D eigenvalue weighted by molar-refractivity contribution is -0.195. The number of benzene rings is 1. The molecule has 1 aliphatic rings. The molecule has 3 aromatic rings. The van der Waals surface area contributed by atoms with Gasteiger partial charge in [-0.3, -0.25) is 0 Å². The van der Waals surface area contributed by atoms with E-state index in [2.05, 4.69) is 82.5 Å². The molecule has 1 aromatic carbocycles. The number of fused-ring (bicyclic) bond motifs is 1. The second-order valence-electron chi connectivity index (χ2n) is 8.76. The van der Waals surface area contributed by atoms with Crippen molar-refractivity contribution in [3.05, 3.63) is 51.3 Å². The molecule has 2 N–H and O–H groups in total. The Morgan fingerprint density at radius 2 is 1.78 bits per heavy atom. The molecule has 1 saturated heterocycles. The first-order valence-corrected chi connectivity index (χ1v) is 12.8. The van der Waals surface area contributed by atoms with E-state index in [1.807, 2.05) is 0 Å². The maximum Gasteiger partial charge on any atom is 0.147 e. The van der Waals surface area contributed by atoms with Crippen LogP contribution < -0.4 is 10.8 Å². The van der Waals surface area contributed by atoms with Gasteiger partial charge in [-0.05, 0) is 87.8 Å². The summed E-state index contributed by atoms with van der Waals surface area (Å²) in [6, 6.07) is 6.60. The number of hydrogen-bond acceptors (Lipinski definition) is 6. The van der Waals surface area contributed by atoms with Crippen LogP contribution in [0.3, 0.4) is 0 Å². The highest BCUT2D eigenvalue weighted by atomic mass is 79.9. The molecule has 4 rings (SSSR count). The summed E-state index contributed by atoms with van der Waals surface area (Å²) >= 11 is 4.91. The van der Waals surface area contributed by atoms with E-state index in [0.29, 0.717) is 5.92 Å². The van der Waals surface area contributed by atoms with Crippen molar-refractivity contribution in [3.63, 3.8) is 0 Å². The van der Waals surface area contributed by atoms with Crippen molar-refractivity contribution in [2.75, 3.05) is 23.7 Å². The van der Waals surface area contributed by atoms with Gasteiger partial charge >= 0.3 is 0 Å². The zero-order chi connectivity index (χ0) is 22.8. The van der Waals surface area contributed by atoms with Gasteiger partial charge in [0.15, 0.2) is 0 Å². The lowest BCUT2D eigenvalue weighted by Crippen LogP contribution is -2.34. The summed E-state index contributed by atoms with van der Waals surface area (Å²) in [6.45, 7) is 10.7. The number of hydrogen-bond donors (Lipinski definition) is 1. The lowest BCUT2D eigenvalue weighted by Gasteiger charge is -2.34.